The first-order chi connectivity index (χ1) is 11.7. The average molecular weight is 325 g/mol. The summed E-state index contributed by atoms with van der Waals surface area (Å²) in [7, 11) is 3.52. The number of rotatable bonds is 6. The largest absolute Gasteiger partial charge is 0.497 e. The summed E-state index contributed by atoms with van der Waals surface area (Å²) in [4.78, 5) is 1.89. The Morgan fingerprint density at radius 2 is 1.88 bits per heavy atom. The molecule has 0 amide bonds. The molecule has 0 fully saturated rings. The summed E-state index contributed by atoms with van der Waals surface area (Å²) in [5, 5.41) is 1.04. The molecule has 0 aliphatic heterocycles. The SMILES string of the molecule is COc1ccc2cc(C=Cc3ccc(N(C)CCF)cc3)oc2c1. The number of furan rings is 1. The van der Waals surface area contributed by atoms with E-state index >= 15 is 0 Å². The predicted octanol–water partition coefficient (Wildman–Crippen LogP) is 5.02. The molecular weight excluding hydrogens is 305 g/mol. The molecule has 24 heavy (non-hydrogen) atoms. The topological polar surface area (TPSA) is 25.6 Å². The number of alkyl halides is 1. The highest BCUT2D eigenvalue weighted by Gasteiger charge is 2.03. The molecule has 0 bridgehead atoms. The van der Waals surface area contributed by atoms with Crippen LogP contribution in [0.15, 0.2) is 52.9 Å². The minimum absolute atomic E-state index is 0.352. The number of anilines is 1. The first-order valence-electron chi connectivity index (χ1n) is 7.82. The van der Waals surface area contributed by atoms with Gasteiger partial charge in [-0.15, -0.1) is 0 Å². The van der Waals surface area contributed by atoms with Crippen LogP contribution in [0.2, 0.25) is 0 Å². The Balaban J connectivity index is 1.75. The zero-order valence-electron chi connectivity index (χ0n) is 13.8. The molecule has 0 atom stereocenters. The van der Waals surface area contributed by atoms with E-state index in [0.717, 1.165) is 33.7 Å². The van der Waals surface area contributed by atoms with Crippen molar-refractivity contribution >= 4 is 28.8 Å². The molecule has 3 aromatic rings. The van der Waals surface area contributed by atoms with E-state index in [9.17, 15) is 4.39 Å². The highest BCUT2D eigenvalue weighted by Crippen LogP contribution is 2.25. The maximum Gasteiger partial charge on any atom is 0.138 e. The van der Waals surface area contributed by atoms with Crippen molar-refractivity contribution in [3.63, 3.8) is 0 Å². The monoisotopic (exact) mass is 325 g/mol. The second-order valence-corrected chi connectivity index (χ2v) is 5.59. The van der Waals surface area contributed by atoms with Gasteiger partial charge in [-0.05, 0) is 42.0 Å². The minimum Gasteiger partial charge on any atom is -0.497 e. The van der Waals surface area contributed by atoms with Crippen LogP contribution in [0.5, 0.6) is 5.75 Å². The van der Waals surface area contributed by atoms with Crippen LogP contribution in [0, 0.1) is 0 Å². The van der Waals surface area contributed by atoms with Crippen LogP contribution in [0.3, 0.4) is 0 Å². The van der Waals surface area contributed by atoms with Crippen LogP contribution >= 0.6 is 0 Å². The summed E-state index contributed by atoms with van der Waals surface area (Å²) in [5.41, 5.74) is 2.86. The lowest BCUT2D eigenvalue weighted by Gasteiger charge is -2.17. The van der Waals surface area contributed by atoms with Crippen LogP contribution in [-0.2, 0) is 0 Å². The molecule has 0 saturated carbocycles. The van der Waals surface area contributed by atoms with Crippen LogP contribution in [0.25, 0.3) is 23.1 Å². The van der Waals surface area contributed by atoms with E-state index in [-0.39, 0.29) is 6.67 Å². The van der Waals surface area contributed by atoms with Gasteiger partial charge in [-0.1, -0.05) is 18.2 Å². The van der Waals surface area contributed by atoms with Gasteiger partial charge in [0, 0.05) is 30.7 Å². The summed E-state index contributed by atoms with van der Waals surface area (Å²) < 4.78 is 23.4. The molecule has 0 N–H and O–H groups in total. The molecule has 0 saturated heterocycles. The molecule has 1 aromatic heterocycles. The third-order valence-corrected chi connectivity index (χ3v) is 3.94. The van der Waals surface area contributed by atoms with Crippen molar-refractivity contribution in [3.8, 4) is 5.75 Å². The van der Waals surface area contributed by atoms with E-state index < -0.39 is 0 Å². The summed E-state index contributed by atoms with van der Waals surface area (Å²) in [6.45, 7) is 0.0482. The lowest BCUT2D eigenvalue weighted by molar-refractivity contribution is 0.414. The number of hydrogen-bond acceptors (Lipinski definition) is 3. The molecule has 4 heteroatoms. The molecule has 3 rings (SSSR count). The molecule has 0 spiro atoms. The zero-order valence-corrected chi connectivity index (χ0v) is 13.8. The van der Waals surface area contributed by atoms with E-state index in [1.165, 1.54) is 0 Å². The number of benzene rings is 2. The lowest BCUT2D eigenvalue weighted by Crippen LogP contribution is -2.19. The smallest absolute Gasteiger partial charge is 0.138 e. The maximum atomic E-state index is 12.4. The van der Waals surface area contributed by atoms with Gasteiger partial charge in [-0.2, -0.15) is 0 Å². The number of methoxy groups -OCH3 is 1. The number of ether oxygens (including phenoxy) is 1. The standard InChI is InChI=1S/C20H20FNO2/c1-22(12-11-21)17-7-3-15(4-8-17)5-9-19-13-16-6-10-18(23-2)14-20(16)24-19/h3-10,13-14H,11-12H2,1-2H3. The summed E-state index contributed by atoms with van der Waals surface area (Å²) in [6.07, 6.45) is 3.93. The van der Waals surface area contributed by atoms with Crippen molar-refractivity contribution in [1.29, 1.82) is 0 Å². The number of halogens is 1. The Morgan fingerprint density at radius 1 is 1.08 bits per heavy atom. The maximum absolute atomic E-state index is 12.4. The van der Waals surface area contributed by atoms with Crippen LogP contribution in [0.1, 0.15) is 11.3 Å². The Bertz CT molecular complexity index is 836. The molecule has 1 heterocycles. The molecule has 0 radical (unpaired) electrons. The zero-order chi connectivity index (χ0) is 16.9. The fourth-order valence-corrected chi connectivity index (χ4v) is 2.52. The summed E-state index contributed by atoms with van der Waals surface area (Å²) in [6, 6.07) is 15.7. The normalized spacial score (nSPS) is 11.3. The van der Waals surface area contributed by atoms with E-state index in [1.54, 1.807) is 7.11 Å². The fourth-order valence-electron chi connectivity index (χ4n) is 2.52. The third-order valence-electron chi connectivity index (χ3n) is 3.94. The molecule has 0 aliphatic carbocycles. The minimum atomic E-state index is -0.352. The third kappa shape index (κ3) is 3.59. The molecular formula is C20H20FNO2. The van der Waals surface area contributed by atoms with Gasteiger partial charge < -0.3 is 14.1 Å². The van der Waals surface area contributed by atoms with E-state index in [0.29, 0.717) is 6.54 Å². The van der Waals surface area contributed by atoms with Gasteiger partial charge in [0.2, 0.25) is 0 Å². The first-order valence-corrected chi connectivity index (χ1v) is 7.82. The highest BCUT2D eigenvalue weighted by molar-refractivity contribution is 5.83. The van der Waals surface area contributed by atoms with Gasteiger partial charge in [-0.25, -0.2) is 4.39 Å². The second-order valence-electron chi connectivity index (χ2n) is 5.59. The summed E-state index contributed by atoms with van der Waals surface area (Å²) in [5.74, 6) is 1.57. The van der Waals surface area contributed by atoms with Crippen LogP contribution < -0.4 is 9.64 Å². The van der Waals surface area contributed by atoms with E-state index in [2.05, 4.69) is 0 Å². The average Bonchev–Trinajstić information content (AvgIpc) is 3.02. The Labute approximate surface area is 141 Å². The van der Waals surface area contributed by atoms with Gasteiger partial charge in [0.05, 0.1) is 7.11 Å². The molecule has 2 aromatic carbocycles. The number of fused-ring (bicyclic) bond motifs is 1. The van der Waals surface area contributed by atoms with Crippen molar-refractivity contribution in [3.05, 3.63) is 59.9 Å². The van der Waals surface area contributed by atoms with Crippen LogP contribution in [-0.4, -0.2) is 27.4 Å². The molecule has 0 aliphatic rings. The van der Waals surface area contributed by atoms with Crippen molar-refractivity contribution in [2.24, 2.45) is 0 Å². The fraction of sp³-hybridized carbons (Fsp3) is 0.200. The summed E-state index contributed by atoms with van der Waals surface area (Å²) >= 11 is 0. The van der Waals surface area contributed by atoms with E-state index in [1.807, 2.05) is 72.6 Å². The molecule has 124 valence electrons. The highest BCUT2D eigenvalue weighted by atomic mass is 19.1. The van der Waals surface area contributed by atoms with Crippen molar-refractivity contribution in [1.82, 2.24) is 0 Å². The van der Waals surface area contributed by atoms with Crippen LogP contribution in [0.4, 0.5) is 10.1 Å². The van der Waals surface area contributed by atoms with Gasteiger partial charge in [-0.3, -0.25) is 0 Å². The second kappa shape index (κ2) is 7.21. The Morgan fingerprint density at radius 3 is 2.58 bits per heavy atom. The van der Waals surface area contributed by atoms with Crippen molar-refractivity contribution < 1.29 is 13.5 Å². The Kier molecular flexibility index (Phi) is 4.85. The van der Waals surface area contributed by atoms with Crippen molar-refractivity contribution in [2.75, 3.05) is 32.3 Å². The Hall–Kier alpha value is -2.75. The van der Waals surface area contributed by atoms with Gasteiger partial charge >= 0.3 is 0 Å². The van der Waals surface area contributed by atoms with Crippen molar-refractivity contribution in [2.45, 2.75) is 0 Å². The van der Waals surface area contributed by atoms with E-state index in [4.69, 9.17) is 9.15 Å². The van der Waals surface area contributed by atoms with Gasteiger partial charge in [0.25, 0.3) is 0 Å². The first kappa shape index (κ1) is 16.1. The number of nitrogens with zero attached hydrogens (tertiary/aromatic N) is 1. The lowest BCUT2D eigenvalue weighted by atomic mass is 10.1. The predicted molar refractivity (Wildman–Crippen MR) is 97.4 cm³/mol. The molecule has 0 unspecified atom stereocenters. The van der Waals surface area contributed by atoms with Gasteiger partial charge in [0.15, 0.2) is 0 Å². The van der Waals surface area contributed by atoms with Gasteiger partial charge in [0.1, 0.15) is 23.8 Å². The number of hydrogen-bond donors (Lipinski definition) is 0. The molecule has 3 nitrogen and oxygen atoms in total. The quantitative estimate of drug-likeness (QED) is 0.636.